The Balaban J connectivity index is 2.91. The summed E-state index contributed by atoms with van der Waals surface area (Å²) >= 11 is 0. The van der Waals surface area contributed by atoms with E-state index >= 15 is 0 Å². The maximum atomic E-state index is 12.9. The summed E-state index contributed by atoms with van der Waals surface area (Å²) in [4.78, 5) is 49.6. The summed E-state index contributed by atoms with van der Waals surface area (Å²) in [6.07, 6.45) is 0.0637. The first kappa shape index (κ1) is 22.8. The Bertz CT molecular complexity index is 566. The van der Waals surface area contributed by atoms with E-state index in [0.29, 0.717) is 25.8 Å². The quantitative estimate of drug-likeness (QED) is 0.319. The maximum Gasteiger partial charge on any atom is 0.328 e. The molecule has 0 aromatic rings. The fraction of sp³-hybridized carbons (Fsp3) is 0.765. The second-order valence-electron chi connectivity index (χ2n) is 7.21. The van der Waals surface area contributed by atoms with Gasteiger partial charge < -0.3 is 31.5 Å². The number of nitrogens with one attached hydrogen (secondary N) is 2. The van der Waals surface area contributed by atoms with Crippen LogP contribution < -0.4 is 16.4 Å². The maximum absolute atomic E-state index is 12.9. The minimum Gasteiger partial charge on any atom is -0.480 e. The molecule has 0 bridgehead atoms. The van der Waals surface area contributed by atoms with Gasteiger partial charge in [-0.25, -0.2) is 4.79 Å². The number of aliphatic carboxylic acids is 1. The zero-order valence-corrected chi connectivity index (χ0v) is 16.0. The lowest BCUT2D eigenvalue weighted by atomic mass is 10.0. The number of aliphatic hydroxyl groups is 1. The van der Waals surface area contributed by atoms with Crippen LogP contribution in [0.25, 0.3) is 0 Å². The number of carbonyl (C=O) groups excluding carboxylic acids is 3. The predicted molar refractivity (Wildman–Crippen MR) is 96.4 cm³/mol. The van der Waals surface area contributed by atoms with E-state index in [0.717, 1.165) is 0 Å². The highest BCUT2D eigenvalue weighted by atomic mass is 16.4. The molecule has 0 aromatic carbocycles. The Kier molecular flexibility index (Phi) is 8.64. The van der Waals surface area contributed by atoms with E-state index in [9.17, 15) is 24.3 Å². The van der Waals surface area contributed by atoms with Crippen LogP contribution in [0.4, 0.5) is 0 Å². The third-order valence-electron chi connectivity index (χ3n) is 4.41. The van der Waals surface area contributed by atoms with Crippen LogP contribution in [-0.4, -0.2) is 76.1 Å². The molecule has 1 rings (SSSR count). The molecule has 10 nitrogen and oxygen atoms in total. The molecule has 1 fully saturated rings. The Morgan fingerprint density at radius 1 is 1.19 bits per heavy atom. The fourth-order valence-electron chi connectivity index (χ4n) is 3.09. The molecule has 154 valence electrons. The Hall–Kier alpha value is -2.20. The molecule has 10 heteroatoms. The minimum absolute atomic E-state index is 0.124. The van der Waals surface area contributed by atoms with Crippen molar-refractivity contribution in [3.8, 4) is 0 Å². The van der Waals surface area contributed by atoms with Gasteiger partial charge in [0.2, 0.25) is 17.7 Å². The third-order valence-corrected chi connectivity index (χ3v) is 4.41. The van der Waals surface area contributed by atoms with Crippen molar-refractivity contribution in [2.75, 3.05) is 13.1 Å². The van der Waals surface area contributed by atoms with E-state index in [1.165, 1.54) is 11.8 Å². The summed E-state index contributed by atoms with van der Waals surface area (Å²) < 4.78 is 0. The van der Waals surface area contributed by atoms with E-state index in [2.05, 4.69) is 10.6 Å². The first-order chi connectivity index (χ1) is 12.6. The molecule has 6 N–H and O–H groups in total. The Labute approximate surface area is 158 Å². The number of carbonyl (C=O) groups is 4. The van der Waals surface area contributed by atoms with Crippen molar-refractivity contribution in [3.05, 3.63) is 0 Å². The topological polar surface area (TPSA) is 162 Å². The van der Waals surface area contributed by atoms with Crippen molar-refractivity contribution in [2.45, 2.75) is 64.3 Å². The number of likely N-dealkylation sites (tertiary alicyclic amines) is 1. The van der Waals surface area contributed by atoms with Gasteiger partial charge in [-0.05, 0) is 32.1 Å². The first-order valence-corrected chi connectivity index (χ1v) is 9.09. The molecule has 1 aliphatic heterocycles. The van der Waals surface area contributed by atoms with Crippen LogP contribution >= 0.6 is 0 Å². The van der Waals surface area contributed by atoms with Crippen molar-refractivity contribution in [3.63, 3.8) is 0 Å². The number of amides is 3. The van der Waals surface area contributed by atoms with Gasteiger partial charge in [-0.1, -0.05) is 13.8 Å². The molecule has 1 aliphatic rings. The van der Waals surface area contributed by atoms with Crippen LogP contribution in [0.2, 0.25) is 0 Å². The van der Waals surface area contributed by atoms with Gasteiger partial charge in [-0.2, -0.15) is 0 Å². The Morgan fingerprint density at radius 3 is 2.30 bits per heavy atom. The van der Waals surface area contributed by atoms with Crippen LogP contribution in [0.15, 0.2) is 0 Å². The standard InChI is InChI=1S/C17H30N4O6/c1-9(2)7-11(19-13(23)8-18)16(25)21-6-4-5-12(21)15(24)20-14(10(3)22)17(26)27/h9-12,14,22H,4-8,18H2,1-3H3,(H,19,23)(H,20,24)(H,26,27). The van der Waals surface area contributed by atoms with Gasteiger partial charge in [0.05, 0.1) is 12.6 Å². The highest BCUT2D eigenvalue weighted by molar-refractivity contribution is 5.94. The molecular weight excluding hydrogens is 356 g/mol. The lowest BCUT2D eigenvalue weighted by Crippen LogP contribution is -2.57. The first-order valence-electron chi connectivity index (χ1n) is 9.09. The van der Waals surface area contributed by atoms with Crippen molar-refractivity contribution in [1.29, 1.82) is 0 Å². The molecule has 0 aliphatic carbocycles. The minimum atomic E-state index is -1.46. The predicted octanol–water partition coefficient (Wildman–Crippen LogP) is -1.58. The number of nitrogens with two attached hydrogens (primary N) is 1. The number of carboxylic acids is 1. The van der Waals surface area contributed by atoms with Crippen LogP contribution in [0.3, 0.4) is 0 Å². The summed E-state index contributed by atoms with van der Waals surface area (Å²) in [5, 5.41) is 23.5. The highest BCUT2D eigenvalue weighted by Crippen LogP contribution is 2.20. The molecular formula is C17H30N4O6. The summed E-state index contributed by atoms with van der Waals surface area (Å²) in [7, 11) is 0. The molecule has 1 heterocycles. The molecule has 0 aromatic heterocycles. The molecule has 3 amide bonds. The summed E-state index contributed by atoms with van der Waals surface area (Å²) in [5.41, 5.74) is 5.31. The average Bonchev–Trinajstić information content (AvgIpc) is 3.06. The molecule has 0 saturated carbocycles. The molecule has 27 heavy (non-hydrogen) atoms. The summed E-state index contributed by atoms with van der Waals surface area (Å²) in [5.74, 6) is -2.73. The third kappa shape index (κ3) is 6.47. The number of hydrogen-bond acceptors (Lipinski definition) is 6. The van der Waals surface area contributed by atoms with Gasteiger partial charge in [0, 0.05) is 6.54 Å². The van der Waals surface area contributed by atoms with Crippen molar-refractivity contribution in [1.82, 2.24) is 15.5 Å². The molecule has 4 atom stereocenters. The van der Waals surface area contributed by atoms with Crippen molar-refractivity contribution >= 4 is 23.7 Å². The molecule has 0 spiro atoms. The van der Waals surface area contributed by atoms with Gasteiger partial charge >= 0.3 is 5.97 Å². The van der Waals surface area contributed by atoms with Gasteiger partial charge in [0.1, 0.15) is 12.1 Å². The number of carboxylic acid groups (broad SMARTS) is 1. The van der Waals surface area contributed by atoms with Crippen molar-refractivity contribution < 1.29 is 29.4 Å². The van der Waals surface area contributed by atoms with Gasteiger partial charge in [0.15, 0.2) is 6.04 Å². The average molecular weight is 386 g/mol. The second kappa shape index (κ2) is 10.2. The van der Waals surface area contributed by atoms with Crippen LogP contribution in [0, 0.1) is 5.92 Å². The number of hydrogen-bond donors (Lipinski definition) is 5. The number of rotatable bonds is 9. The smallest absolute Gasteiger partial charge is 0.328 e. The monoisotopic (exact) mass is 386 g/mol. The number of nitrogens with zero attached hydrogens (tertiary/aromatic N) is 1. The van der Waals surface area contributed by atoms with Gasteiger partial charge in [0.25, 0.3) is 0 Å². The zero-order valence-electron chi connectivity index (χ0n) is 16.0. The lowest BCUT2D eigenvalue weighted by molar-refractivity contribution is -0.147. The van der Waals surface area contributed by atoms with E-state index in [1.54, 1.807) is 0 Å². The van der Waals surface area contributed by atoms with Crippen LogP contribution in [0.1, 0.15) is 40.0 Å². The number of aliphatic hydroxyl groups excluding tert-OH is 1. The van der Waals surface area contributed by atoms with E-state index in [1.807, 2.05) is 13.8 Å². The largest absolute Gasteiger partial charge is 0.480 e. The zero-order chi connectivity index (χ0) is 20.7. The summed E-state index contributed by atoms with van der Waals surface area (Å²) in [6, 6.07) is -3.11. The SMILES string of the molecule is CC(C)CC(NC(=O)CN)C(=O)N1CCCC1C(=O)NC(C(=O)O)C(C)O. The van der Waals surface area contributed by atoms with Crippen LogP contribution in [0.5, 0.6) is 0 Å². The van der Waals surface area contributed by atoms with Crippen LogP contribution in [-0.2, 0) is 19.2 Å². The summed E-state index contributed by atoms with van der Waals surface area (Å²) in [6.45, 7) is 5.15. The van der Waals surface area contributed by atoms with Gasteiger partial charge in [-0.15, -0.1) is 0 Å². The molecule has 1 saturated heterocycles. The second-order valence-corrected chi connectivity index (χ2v) is 7.21. The van der Waals surface area contributed by atoms with Crippen molar-refractivity contribution in [2.24, 2.45) is 11.7 Å². The molecule has 4 unspecified atom stereocenters. The highest BCUT2D eigenvalue weighted by Gasteiger charge is 2.39. The molecule has 0 radical (unpaired) electrons. The van der Waals surface area contributed by atoms with E-state index < -0.39 is 47.9 Å². The lowest BCUT2D eigenvalue weighted by Gasteiger charge is -2.30. The fourth-order valence-corrected chi connectivity index (χ4v) is 3.09. The van der Waals surface area contributed by atoms with Gasteiger partial charge in [-0.3, -0.25) is 14.4 Å². The van der Waals surface area contributed by atoms with E-state index in [-0.39, 0.29) is 12.5 Å². The van der Waals surface area contributed by atoms with E-state index in [4.69, 9.17) is 10.8 Å². The Morgan fingerprint density at radius 2 is 1.81 bits per heavy atom. The normalized spacial score (nSPS) is 20.1.